The predicted octanol–water partition coefficient (Wildman–Crippen LogP) is 3.10. The fraction of sp³-hybridized carbons (Fsp3) is 0. The van der Waals surface area contributed by atoms with Crippen LogP contribution >= 0.6 is 0 Å². The van der Waals surface area contributed by atoms with Crippen molar-refractivity contribution in [3.05, 3.63) is 65.9 Å². The molecule has 0 aliphatic heterocycles. The van der Waals surface area contributed by atoms with Crippen LogP contribution in [-0.2, 0) is 0 Å². The summed E-state index contributed by atoms with van der Waals surface area (Å²) >= 11 is 0. The number of para-hydroxylation sites is 2. The zero-order valence-electron chi connectivity index (χ0n) is 11.6. The number of phenols is 2. The minimum absolute atomic E-state index is 0.130. The highest BCUT2D eigenvalue weighted by atomic mass is 16.3. The molecule has 0 unspecified atom stereocenters. The Morgan fingerprint density at radius 2 is 1.55 bits per heavy atom. The van der Waals surface area contributed by atoms with E-state index >= 15 is 0 Å². The summed E-state index contributed by atoms with van der Waals surface area (Å²) in [6.45, 7) is 0. The molecule has 0 saturated heterocycles. The highest BCUT2D eigenvalue weighted by Gasteiger charge is 2.01. The van der Waals surface area contributed by atoms with E-state index in [0.717, 1.165) is 5.39 Å². The summed E-state index contributed by atoms with van der Waals surface area (Å²) in [6, 6.07) is 15.7. The number of hydrogen-bond donors (Lipinski definition) is 2. The number of benzene rings is 2. The van der Waals surface area contributed by atoms with E-state index < -0.39 is 0 Å². The summed E-state index contributed by atoms with van der Waals surface area (Å²) in [7, 11) is 0. The van der Waals surface area contributed by atoms with Gasteiger partial charge in [-0.15, -0.1) is 0 Å². The van der Waals surface area contributed by atoms with Crippen LogP contribution < -0.4 is 0 Å². The number of aromatic hydroxyl groups is 2. The quantitative estimate of drug-likeness (QED) is 0.575. The van der Waals surface area contributed by atoms with Crippen LogP contribution in [0, 0.1) is 0 Å². The van der Waals surface area contributed by atoms with Gasteiger partial charge in [-0.1, -0.05) is 30.3 Å². The average Bonchev–Trinajstić information content (AvgIpc) is 2.54. The number of phenolic OH excluding ortho intramolecular Hbond substituents is 2. The average molecular weight is 291 g/mol. The Labute approximate surface area is 126 Å². The van der Waals surface area contributed by atoms with E-state index in [-0.39, 0.29) is 11.5 Å². The van der Waals surface area contributed by atoms with Crippen molar-refractivity contribution < 1.29 is 10.2 Å². The summed E-state index contributed by atoms with van der Waals surface area (Å²) in [5, 5.41) is 28.0. The van der Waals surface area contributed by atoms with Crippen LogP contribution in [-0.4, -0.2) is 27.6 Å². The van der Waals surface area contributed by atoms with Gasteiger partial charge in [-0.3, -0.25) is 0 Å². The Bertz CT molecular complexity index is 873. The second-order valence-corrected chi connectivity index (χ2v) is 4.63. The number of fused-ring (bicyclic) bond motifs is 1. The summed E-state index contributed by atoms with van der Waals surface area (Å²) in [5.74, 6) is 0.278. The molecule has 0 spiro atoms. The second kappa shape index (κ2) is 6.05. The molecule has 5 heteroatoms. The van der Waals surface area contributed by atoms with E-state index in [2.05, 4.69) is 15.2 Å². The largest absolute Gasteiger partial charge is 0.507 e. The zero-order valence-corrected chi connectivity index (χ0v) is 11.6. The predicted molar refractivity (Wildman–Crippen MR) is 86.7 cm³/mol. The van der Waals surface area contributed by atoms with Crippen LogP contribution in [0.25, 0.3) is 10.9 Å². The highest BCUT2D eigenvalue weighted by Crippen LogP contribution is 2.21. The molecule has 0 saturated carbocycles. The first-order chi connectivity index (χ1) is 10.7. The topological polar surface area (TPSA) is 78.1 Å². The SMILES string of the molecule is Oc1ccccc1C=NN=Cc1ccc2cccc(O)c2n1. The number of aromatic nitrogens is 1. The monoisotopic (exact) mass is 291 g/mol. The van der Waals surface area contributed by atoms with Crippen LogP contribution in [0.5, 0.6) is 11.5 Å². The van der Waals surface area contributed by atoms with E-state index in [9.17, 15) is 10.2 Å². The standard InChI is InChI=1S/C17H13N3O2/c21-15-6-2-1-4-13(15)10-18-19-11-14-9-8-12-5-3-7-16(22)17(12)20-14/h1-11,21-22H. The molecule has 0 atom stereocenters. The lowest BCUT2D eigenvalue weighted by molar-refractivity contribution is 0.474. The molecule has 0 fully saturated rings. The maximum Gasteiger partial charge on any atom is 0.141 e. The normalized spacial score (nSPS) is 11.6. The van der Waals surface area contributed by atoms with Gasteiger partial charge in [-0.2, -0.15) is 10.2 Å². The third kappa shape index (κ3) is 2.93. The summed E-state index contributed by atoms with van der Waals surface area (Å²) in [4.78, 5) is 4.31. The molecule has 3 aromatic rings. The first kappa shape index (κ1) is 13.8. The van der Waals surface area contributed by atoms with E-state index in [0.29, 0.717) is 16.8 Å². The third-order valence-electron chi connectivity index (χ3n) is 3.11. The van der Waals surface area contributed by atoms with Gasteiger partial charge in [0.25, 0.3) is 0 Å². The molecule has 3 rings (SSSR count). The van der Waals surface area contributed by atoms with Crippen molar-refractivity contribution in [1.29, 1.82) is 0 Å². The molecular formula is C17H13N3O2. The van der Waals surface area contributed by atoms with Crippen LogP contribution in [0.15, 0.2) is 64.8 Å². The molecular weight excluding hydrogens is 278 g/mol. The van der Waals surface area contributed by atoms with Crippen molar-refractivity contribution in [2.24, 2.45) is 10.2 Å². The van der Waals surface area contributed by atoms with Gasteiger partial charge in [0.1, 0.15) is 17.0 Å². The number of pyridine rings is 1. The number of hydrogen-bond acceptors (Lipinski definition) is 5. The van der Waals surface area contributed by atoms with Crippen LogP contribution in [0.3, 0.4) is 0 Å². The Balaban J connectivity index is 1.81. The molecule has 1 heterocycles. The Hall–Kier alpha value is -3.21. The lowest BCUT2D eigenvalue weighted by atomic mass is 10.2. The van der Waals surface area contributed by atoms with Gasteiger partial charge >= 0.3 is 0 Å². The minimum atomic E-state index is 0.130. The first-order valence-corrected chi connectivity index (χ1v) is 6.67. The first-order valence-electron chi connectivity index (χ1n) is 6.67. The van der Waals surface area contributed by atoms with Crippen LogP contribution in [0.2, 0.25) is 0 Å². The lowest BCUT2D eigenvalue weighted by Gasteiger charge is -2.00. The molecule has 0 aliphatic rings. The molecule has 22 heavy (non-hydrogen) atoms. The molecule has 0 bridgehead atoms. The van der Waals surface area contributed by atoms with Crippen molar-refractivity contribution >= 4 is 23.3 Å². The molecule has 108 valence electrons. The lowest BCUT2D eigenvalue weighted by Crippen LogP contribution is -1.88. The van der Waals surface area contributed by atoms with Crippen LogP contribution in [0.4, 0.5) is 0 Å². The molecule has 2 aromatic carbocycles. The van der Waals surface area contributed by atoms with E-state index in [1.807, 2.05) is 12.1 Å². The molecule has 0 radical (unpaired) electrons. The highest BCUT2D eigenvalue weighted by molar-refractivity contribution is 5.89. The van der Waals surface area contributed by atoms with Gasteiger partial charge in [0.15, 0.2) is 0 Å². The van der Waals surface area contributed by atoms with Crippen molar-refractivity contribution in [2.45, 2.75) is 0 Å². The fourth-order valence-corrected chi connectivity index (χ4v) is 2.00. The maximum atomic E-state index is 9.78. The summed E-state index contributed by atoms with van der Waals surface area (Å²) < 4.78 is 0. The molecule has 2 N–H and O–H groups in total. The van der Waals surface area contributed by atoms with Crippen LogP contribution in [0.1, 0.15) is 11.3 Å². The Kier molecular flexibility index (Phi) is 3.78. The van der Waals surface area contributed by atoms with Crippen molar-refractivity contribution in [2.75, 3.05) is 0 Å². The van der Waals surface area contributed by atoms with Gasteiger partial charge in [0.2, 0.25) is 0 Å². The van der Waals surface area contributed by atoms with E-state index in [1.54, 1.807) is 42.5 Å². The summed E-state index contributed by atoms with van der Waals surface area (Å²) in [6.07, 6.45) is 2.95. The summed E-state index contributed by atoms with van der Waals surface area (Å²) in [5.41, 5.74) is 1.70. The number of nitrogens with zero attached hydrogens (tertiary/aromatic N) is 3. The Morgan fingerprint density at radius 3 is 2.41 bits per heavy atom. The van der Waals surface area contributed by atoms with Crippen molar-refractivity contribution in [3.63, 3.8) is 0 Å². The number of rotatable bonds is 3. The van der Waals surface area contributed by atoms with Crippen molar-refractivity contribution in [1.82, 2.24) is 4.98 Å². The van der Waals surface area contributed by atoms with Gasteiger partial charge in [-0.25, -0.2) is 4.98 Å². The zero-order chi connectivity index (χ0) is 15.4. The smallest absolute Gasteiger partial charge is 0.141 e. The Morgan fingerprint density at radius 1 is 0.773 bits per heavy atom. The minimum Gasteiger partial charge on any atom is -0.507 e. The van der Waals surface area contributed by atoms with E-state index in [1.165, 1.54) is 12.4 Å². The fourth-order valence-electron chi connectivity index (χ4n) is 2.00. The molecule has 0 amide bonds. The maximum absolute atomic E-state index is 9.78. The van der Waals surface area contributed by atoms with Gasteiger partial charge in [0.05, 0.1) is 18.1 Å². The molecule has 1 aromatic heterocycles. The van der Waals surface area contributed by atoms with E-state index in [4.69, 9.17) is 0 Å². The van der Waals surface area contributed by atoms with Crippen molar-refractivity contribution in [3.8, 4) is 11.5 Å². The van der Waals surface area contributed by atoms with Gasteiger partial charge in [-0.05, 0) is 24.3 Å². The van der Waals surface area contributed by atoms with Gasteiger partial charge < -0.3 is 10.2 Å². The second-order valence-electron chi connectivity index (χ2n) is 4.63. The molecule has 0 aliphatic carbocycles. The molecule has 5 nitrogen and oxygen atoms in total. The third-order valence-corrected chi connectivity index (χ3v) is 3.11. The van der Waals surface area contributed by atoms with Gasteiger partial charge in [0, 0.05) is 10.9 Å².